The summed E-state index contributed by atoms with van der Waals surface area (Å²) in [7, 11) is 0. The van der Waals surface area contributed by atoms with Gasteiger partial charge >= 0.3 is 0 Å². The number of nitrogens with zero attached hydrogens (tertiary/aromatic N) is 4. The summed E-state index contributed by atoms with van der Waals surface area (Å²) in [5.41, 5.74) is 8.05. The van der Waals surface area contributed by atoms with Crippen LogP contribution in [0.3, 0.4) is 0 Å². The third-order valence-electron chi connectivity index (χ3n) is 4.14. The maximum atomic E-state index is 10.9. The quantitative estimate of drug-likeness (QED) is 0.608. The van der Waals surface area contributed by atoms with Gasteiger partial charge in [0.2, 0.25) is 11.9 Å². The number of nitrogens with one attached hydrogen (secondary N) is 2. The first-order valence-corrected chi connectivity index (χ1v) is 8.28. The summed E-state index contributed by atoms with van der Waals surface area (Å²) >= 11 is 0. The molecule has 0 unspecified atom stereocenters. The molecule has 1 amide bonds. The average molecular weight is 337 g/mol. The van der Waals surface area contributed by atoms with Crippen LogP contribution in [0.4, 0.5) is 17.5 Å². The molecule has 1 fully saturated rings. The van der Waals surface area contributed by atoms with Crippen molar-refractivity contribution in [1.29, 1.82) is 0 Å². The normalized spacial score (nSPS) is 13.8. The van der Waals surface area contributed by atoms with E-state index in [-0.39, 0.29) is 12.3 Å². The lowest BCUT2D eigenvalue weighted by atomic mass is 10.2. The van der Waals surface area contributed by atoms with Crippen molar-refractivity contribution in [1.82, 2.24) is 19.4 Å². The van der Waals surface area contributed by atoms with Crippen molar-refractivity contribution in [2.24, 2.45) is 5.73 Å². The molecule has 8 heteroatoms. The SMILES string of the molecule is NC(=O)CCNc1nc(Nc2ccc3nccn3c2)ncc1C1CC1. The number of hydrogen-bond donors (Lipinski definition) is 3. The zero-order valence-electron chi connectivity index (χ0n) is 13.6. The van der Waals surface area contributed by atoms with Crippen LogP contribution in [0.15, 0.2) is 36.9 Å². The second-order valence-corrected chi connectivity index (χ2v) is 6.15. The lowest BCUT2D eigenvalue weighted by molar-refractivity contribution is -0.117. The van der Waals surface area contributed by atoms with Gasteiger partial charge in [-0.1, -0.05) is 0 Å². The van der Waals surface area contributed by atoms with E-state index in [9.17, 15) is 4.79 Å². The molecule has 4 N–H and O–H groups in total. The minimum absolute atomic E-state index is 0.272. The maximum Gasteiger partial charge on any atom is 0.229 e. The van der Waals surface area contributed by atoms with E-state index in [1.54, 1.807) is 6.20 Å². The third kappa shape index (κ3) is 3.52. The molecule has 3 aromatic rings. The number of hydrogen-bond acceptors (Lipinski definition) is 6. The van der Waals surface area contributed by atoms with Gasteiger partial charge in [0.05, 0.1) is 5.69 Å². The molecule has 3 aromatic heterocycles. The Bertz CT molecular complexity index is 916. The fraction of sp³-hybridized carbons (Fsp3) is 0.294. The first kappa shape index (κ1) is 15.4. The molecule has 1 saturated carbocycles. The van der Waals surface area contributed by atoms with Crippen molar-refractivity contribution in [2.45, 2.75) is 25.2 Å². The van der Waals surface area contributed by atoms with Gasteiger partial charge in [-0.15, -0.1) is 0 Å². The molecule has 128 valence electrons. The topological polar surface area (TPSA) is 110 Å². The molecule has 0 saturated heterocycles. The molecule has 1 aliphatic carbocycles. The van der Waals surface area contributed by atoms with Gasteiger partial charge in [-0.2, -0.15) is 4.98 Å². The van der Waals surface area contributed by atoms with Gasteiger partial charge in [0.1, 0.15) is 11.5 Å². The monoisotopic (exact) mass is 337 g/mol. The number of rotatable bonds is 7. The van der Waals surface area contributed by atoms with E-state index in [0.29, 0.717) is 18.4 Å². The highest BCUT2D eigenvalue weighted by Gasteiger charge is 2.27. The van der Waals surface area contributed by atoms with E-state index in [1.165, 1.54) is 0 Å². The Hall–Kier alpha value is -3.16. The number of anilines is 3. The first-order valence-electron chi connectivity index (χ1n) is 8.28. The molecule has 3 heterocycles. The third-order valence-corrected chi connectivity index (χ3v) is 4.14. The summed E-state index contributed by atoms with van der Waals surface area (Å²) < 4.78 is 1.92. The molecular weight excluding hydrogens is 318 g/mol. The van der Waals surface area contributed by atoms with Gasteiger partial charge in [0.15, 0.2) is 0 Å². The minimum Gasteiger partial charge on any atom is -0.370 e. The van der Waals surface area contributed by atoms with E-state index in [2.05, 4.69) is 25.6 Å². The largest absolute Gasteiger partial charge is 0.370 e. The van der Waals surface area contributed by atoms with E-state index >= 15 is 0 Å². The highest BCUT2D eigenvalue weighted by Crippen LogP contribution is 2.42. The Morgan fingerprint density at radius 2 is 2.20 bits per heavy atom. The number of nitrogens with two attached hydrogens (primary N) is 1. The number of pyridine rings is 1. The molecule has 1 aliphatic rings. The van der Waals surface area contributed by atoms with Gasteiger partial charge in [0, 0.05) is 43.3 Å². The number of carbonyl (C=O) groups is 1. The van der Waals surface area contributed by atoms with Crippen molar-refractivity contribution >= 4 is 29.0 Å². The number of fused-ring (bicyclic) bond motifs is 1. The second kappa shape index (κ2) is 6.39. The maximum absolute atomic E-state index is 10.9. The van der Waals surface area contributed by atoms with Crippen LogP contribution in [0.1, 0.15) is 30.7 Å². The predicted octanol–water partition coefficient (Wildman–Crippen LogP) is 2.03. The smallest absolute Gasteiger partial charge is 0.229 e. The first-order chi connectivity index (χ1) is 12.2. The van der Waals surface area contributed by atoms with Crippen LogP contribution in [-0.2, 0) is 4.79 Å². The number of amides is 1. The molecular formula is C17H19N7O. The average Bonchev–Trinajstić information content (AvgIpc) is 3.32. The molecule has 0 aromatic carbocycles. The summed E-state index contributed by atoms with van der Waals surface area (Å²) in [6.45, 7) is 0.465. The highest BCUT2D eigenvalue weighted by molar-refractivity contribution is 5.74. The lowest BCUT2D eigenvalue weighted by Crippen LogP contribution is -2.17. The van der Waals surface area contributed by atoms with Crippen LogP contribution in [0.5, 0.6) is 0 Å². The number of imidazole rings is 1. The molecule has 0 spiro atoms. The Morgan fingerprint density at radius 1 is 1.32 bits per heavy atom. The molecule has 8 nitrogen and oxygen atoms in total. The zero-order valence-corrected chi connectivity index (χ0v) is 13.6. The van der Waals surface area contributed by atoms with Crippen molar-refractivity contribution in [2.75, 3.05) is 17.2 Å². The lowest BCUT2D eigenvalue weighted by Gasteiger charge is -2.12. The second-order valence-electron chi connectivity index (χ2n) is 6.15. The molecule has 0 radical (unpaired) electrons. The van der Waals surface area contributed by atoms with Gasteiger partial charge in [-0.3, -0.25) is 4.79 Å². The van der Waals surface area contributed by atoms with Crippen LogP contribution in [0.25, 0.3) is 5.65 Å². The van der Waals surface area contributed by atoms with E-state index < -0.39 is 0 Å². The van der Waals surface area contributed by atoms with Crippen LogP contribution in [0.2, 0.25) is 0 Å². The van der Waals surface area contributed by atoms with Crippen LogP contribution >= 0.6 is 0 Å². The molecule has 25 heavy (non-hydrogen) atoms. The summed E-state index contributed by atoms with van der Waals surface area (Å²) in [6.07, 6.45) is 10.00. The summed E-state index contributed by atoms with van der Waals surface area (Å²) in [4.78, 5) is 24.2. The Kier molecular flexibility index (Phi) is 3.93. The Labute approximate surface area is 144 Å². The molecule has 0 aliphatic heterocycles. The van der Waals surface area contributed by atoms with Crippen molar-refractivity contribution in [3.63, 3.8) is 0 Å². The fourth-order valence-corrected chi connectivity index (χ4v) is 2.71. The predicted molar refractivity (Wildman–Crippen MR) is 94.8 cm³/mol. The van der Waals surface area contributed by atoms with Crippen molar-refractivity contribution in [3.8, 4) is 0 Å². The van der Waals surface area contributed by atoms with E-state index in [4.69, 9.17) is 5.73 Å². The minimum atomic E-state index is -0.332. The van der Waals surface area contributed by atoms with Gasteiger partial charge in [-0.05, 0) is 30.9 Å². The van der Waals surface area contributed by atoms with Gasteiger partial charge in [-0.25, -0.2) is 9.97 Å². The van der Waals surface area contributed by atoms with Gasteiger partial charge in [0.25, 0.3) is 0 Å². The highest BCUT2D eigenvalue weighted by atomic mass is 16.1. The molecule has 4 rings (SSSR count). The number of aromatic nitrogens is 4. The standard InChI is InChI=1S/C17H19N7O/c18-14(25)5-6-20-16-13(11-1-2-11)9-21-17(23-16)22-12-3-4-15-19-7-8-24(15)10-12/h3-4,7-11H,1-2,5-6H2,(H2,18,25)(H2,20,21,22,23). The molecule has 0 bridgehead atoms. The summed E-state index contributed by atoms with van der Waals surface area (Å²) in [5.74, 6) is 1.45. The van der Waals surface area contributed by atoms with E-state index in [0.717, 1.165) is 35.6 Å². The fourth-order valence-electron chi connectivity index (χ4n) is 2.71. The molecule has 0 atom stereocenters. The Morgan fingerprint density at radius 3 is 3.00 bits per heavy atom. The van der Waals surface area contributed by atoms with Crippen molar-refractivity contribution in [3.05, 3.63) is 42.5 Å². The van der Waals surface area contributed by atoms with Crippen molar-refractivity contribution < 1.29 is 4.79 Å². The Balaban J connectivity index is 1.55. The number of carbonyl (C=O) groups excluding carboxylic acids is 1. The van der Waals surface area contributed by atoms with Crippen LogP contribution in [0, 0.1) is 0 Å². The van der Waals surface area contributed by atoms with Crippen LogP contribution < -0.4 is 16.4 Å². The van der Waals surface area contributed by atoms with Crippen LogP contribution in [-0.4, -0.2) is 31.8 Å². The zero-order chi connectivity index (χ0) is 17.2. The van der Waals surface area contributed by atoms with Gasteiger partial charge < -0.3 is 20.8 Å². The van der Waals surface area contributed by atoms with E-state index in [1.807, 2.05) is 35.1 Å². The number of primary amides is 1. The summed E-state index contributed by atoms with van der Waals surface area (Å²) in [6, 6.07) is 3.85. The summed E-state index contributed by atoms with van der Waals surface area (Å²) in [5, 5.41) is 6.42.